The number of hydrogen-bond acceptors (Lipinski definition) is 0. The first-order valence-corrected chi connectivity index (χ1v) is 5.65. The summed E-state index contributed by atoms with van der Waals surface area (Å²) >= 11 is 0. The molecule has 2 atom stereocenters. The Hall–Kier alpha value is -1.30. The summed E-state index contributed by atoms with van der Waals surface area (Å²) in [6.07, 6.45) is 8.44. The van der Waals surface area contributed by atoms with Crippen molar-refractivity contribution in [1.29, 1.82) is 0 Å². The summed E-state index contributed by atoms with van der Waals surface area (Å²) in [7, 11) is 0. The van der Waals surface area contributed by atoms with E-state index in [-0.39, 0.29) is 0 Å². The lowest BCUT2D eigenvalue weighted by Gasteiger charge is -2.12. The monoisotopic (exact) mass is 196 g/mol. The Bertz CT molecular complexity index is 465. The standard InChI is InChI=1S/C15H16/c1-11-4-3-5-12(8-11)13-6-7-14-10-15(14,2)9-13/h3-9,14H,10H2,1-2H3. The van der Waals surface area contributed by atoms with E-state index in [2.05, 4.69) is 56.3 Å². The minimum atomic E-state index is 0.466. The van der Waals surface area contributed by atoms with E-state index < -0.39 is 0 Å². The number of allylic oxidation sites excluding steroid dienone is 4. The second-order valence-electron chi connectivity index (χ2n) is 5.14. The van der Waals surface area contributed by atoms with Gasteiger partial charge in [-0.1, -0.05) is 55.0 Å². The average molecular weight is 196 g/mol. The number of hydrogen-bond donors (Lipinski definition) is 0. The molecule has 0 nitrogen and oxygen atoms in total. The summed E-state index contributed by atoms with van der Waals surface area (Å²) < 4.78 is 0. The van der Waals surface area contributed by atoms with E-state index >= 15 is 0 Å². The molecule has 2 unspecified atom stereocenters. The van der Waals surface area contributed by atoms with Gasteiger partial charge < -0.3 is 0 Å². The maximum absolute atomic E-state index is 2.45. The molecule has 0 bridgehead atoms. The smallest absolute Gasteiger partial charge is 0.00683 e. The molecular formula is C15H16. The Morgan fingerprint density at radius 1 is 1.33 bits per heavy atom. The van der Waals surface area contributed by atoms with Gasteiger partial charge in [-0.05, 0) is 35.8 Å². The van der Waals surface area contributed by atoms with E-state index in [1.165, 1.54) is 23.1 Å². The van der Waals surface area contributed by atoms with Gasteiger partial charge in [-0.15, -0.1) is 0 Å². The Morgan fingerprint density at radius 3 is 2.93 bits per heavy atom. The lowest BCUT2D eigenvalue weighted by atomic mass is 9.92. The van der Waals surface area contributed by atoms with Crippen LogP contribution in [0, 0.1) is 18.3 Å². The number of rotatable bonds is 1. The average Bonchev–Trinajstić information content (AvgIpc) is 2.88. The zero-order valence-corrected chi connectivity index (χ0v) is 9.33. The van der Waals surface area contributed by atoms with E-state index in [1.807, 2.05) is 0 Å². The predicted octanol–water partition coefficient (Wildman–Crippen LogP) is 3.97. The maximum Gasteiger partial charge on any atom is -0.00683 e. The lowest BCUT2D eigenvalue weighted by Crippen LogP contribution is -1.97. The van der Waals surface area contributed by atoms with Gasteiger partial charge in [0.1, 0.15) is 0 Å². The molecular weight excluding hydrogens is 180 g/mol. The second-order valence-corrected chi connectivity index (χ2v) is 5.14. The van der Waals surface area contributed by atoms with Gasteiger partial charge in [0.05, 0.1) is 0 Å². The van der Waals surface area contributed by atoms with Gasteiger partial charge in [0, 0.05) is 0 Å². The van der Waals surface area contributed by atoms with Crippen LogP contribution in [0.25, 0.3) is 5.57 Å². The van der Waals surface area contributed by atoms with Gasteiger partial charge in [-0.3, -0.25) is 0 Å². The molecule has 1 saturated carbocycles. The molecule has 0 amide bonds. The first-order chi connectivity index (χ1) is 7.17. The van der Waals surface area contributed by atoms with Crippen molar-refractivity contribution in [3.63, 3.8) is 0 Å². The zero-order chi connectivity index (χ0) is 10.5. The Balaban J connectivity index is 2.01. The minimum absolute atomic E-state index is 0.466. The molecule has 2 aliphatic rings. The molecule has 0 N–H and O–H groups in total. The van der Waals surface area contributed by atoms with Crippen molar-refractivity contribution in [3.05, 3.63) is 53.6 Å². The van der Waals surface area contributed by atoms with Crippen LogP contribution < -0.4 is 0 Å². The van der Waals surface area contributed by atoms with E-state index in [0.29, 0.717) is 5.41 Å². The Kier molecular flexibility index (Phi) is 1.70. The van der Waals surface area contributed by atoms with Crippen molar-refractivity contribution in [2.45, 2.75) is 20.3 Å². The summed E-state index contributed by atoms with van der Waals surface area (Å²) in [6, 6.07) is 8.76. The van der Waals surface area contributed by atoms with Gasteiger partial charge in [0.2, 0.25) is 0 Å². The fourth-order valence-electron chi connectivity index (χ4n) is 2.50. The molecule has 1 fully saturated rings. The maximum atomic E-state index is 2.45. The summed E-state index contributed by atoms with van der Waals surface area (Å²) in [5, 5.41) is 0. The van der Waals surface area contributed by atoms with E-state index in [4.69, 9.17) is 0 Å². The molecule has 0 spiro atoms. The highest BCUT2D eigenvalue weighted by atomic mass is 14.5. The van der Waals surface area contributed by atoms with Crippen molar-refractivity contribution < 1.29 is 0 Å². The van der Waals surface area contributed by atoms with Crippen LogP contribution in [0.2, 0.25) is 0 Å². The van der Waals surface area contributed by atoms with Crippen LogP contribution >= 0.6 is 0 Å². The molecule has 15 heavy (non-hydrogen) atoms. The molecule has 0 aromatic heterocycles. The number of aryl methyl sites for hydroxylation is 1. The van der Waals surface area contributed by atoms with Crippen LogP contribution in [0.4, 0.5) is 0 Å². The van der Waals surface area contributed by atoms with Gasteiger partial charge in [-0.25, -0.2) is 0 Å². The van der Waals surface area contributed by atoms with Gasteiger partial charge in [-0.2, -0.15) is 0 Å². The van der Waals surface area contributed by atoms with Crippen LogP contribution in [0.3, 0.4) is 0 Å². The van der Waals surface area contributed by atoms with Gasteiger partial charge >= 0.3 is 0 Å². The summed E-state index contributed by atoms with van der Waals surface area (Å²) in [5.41, 5.74) is 4.56. The molecule has 1 aromatic rings. The largest absolute Gasteiger partial charge is 0.0799 e. The predicted molar refractivity (Wildman–Crippen MR) is 64.5 cm³/mol. The highest BCUT2D eigenvalue weighted by Gasteiger charge is 2.47. The SMILES string of the molecule is Cc1cccc(C2=CC3(C)CC3C=C2)c1. The summed E-state index contributed by atoms with van der Waals surface area (Å²) in [4.78, 5) is 0. The molecule has 2 aliphatic carbocycles. The first-order valence-electron chi connectivity index (χ1n) is 5.65. The molecule has 0 heterocycles. The molecule has 0 aliphatic heterocycles. The Morgan fingerprint density at radius 2 is 2.20 bits per heavy atom. The number of fused-ring (bicyclic) bond motifs is 1. The fourth-order valence-corrected chi connectivity index (χ4v) is 2.50. The highest BCUT2D eigenvalue weighted by molar-refractivity contribution is 5.77. The van der Waals surface area contributed by atoms with E-state index in [0.717, 1.165) is 5.92 Å². The van der Waals surface area contributed by atoms with Crippen molar-refractivity contribution in [2.75, 3.05) is 0 Å². The topological polar surface area (TPSA) is 0 Å². The lowest BCUT2D eigenvalue weighted by molar-refractivity contribution is 0.693. The first kappa shape index (κ1) is 8.96. The van der Waals surface area contributed by atoms with Gasteiger partial charge in [0.25, 0.3) is 0 Å². The number of benzene rings is 1. The molecule has 0 saturated heterocycles. The van der Waals surface area contributed by atoms with Crippen LogP contribution in [0.1, 0.15) is 24.5 Å². The third-order valence-corrected chi connectivity index (χ3v) is 3.69. The molecule has 3 rings (SSSR count). The second kappa shape index (κ2) is 2.85. The molecule has 0 radical (unpaired) electrons. The fraction of sp³-hybridized carbons (Fsp3) is 0.333. The highest BCUT2D eigenvalue weighted by Crippen LogP contribution is 2.57. The normalized spacial score (nSPS) is 32.1. The summed E-state index contributed by atoms with van der Waals surface area (Å²) in [5.74, 6) is 0.811. The Labute approximate surface area is 91.3 Å². The van der Waals surface area contributed by atoms with Crippen molar-refractivity contribution in [3.8, 4) is 0 Å². The van der Waals surface area contributed by atoms with Crippen LogP contribution in [0.15, 0.2) is 42.5 Å². The van der Waals surface area contributed by atoms with Crippen molar-refractivity contribution >= 4 is 5.57 Å². The summed E-state index contributed by atoms with van der Waals surface area (Å²) in [6.45, 7) is 4.51. The van der Waals surface area contributed by atoms with E-state index in [9.17, 15) is 0 Å². The van der Waals surface area contributed by atoms with Crippen molar-refractivity contribution in [2.24, 2.45) is 11.3 Å². The molecule has 1 aromatic carbocycles. The minimum Gasteiger partial charge on any atom is -0.0799 e. The zero-order valence-electron chi connectivity index (χ0n) is 9.33. The van der Waals surface area contributed by atoms with Crippen LogP contribution in [-0.2, 0) is 0 Å². The van der Waals surface area contributed by atoms with Crippen LogP contribution in [0.5, 0.6) is 0 Å². The van der Waals surface area contributed by atoms with Gasteiger partial charge in [0.15, 0.2) is 0 Å². The quantitative estimate of drug-likeness (QED) is 0.637. The molecule has 76 valence electrons. The molecule has 0 heteroatoms. The van der Waals surface area contributed by atoms with E-state index in [1.54, 1.807) is 0 Å². The third kappa shape index (κ3) is 1.45. The van der Waals surface area contributed by atoms with Crippen LogP contribution in [-0.4, -0.2) is 0 Å². The van der Waals surface area contributed by atoms with Crippen molar-refractivity contribution in [1.82, 2.24) is 0 Å². The third-order valence-electron chi connectivity index (χ3n) is 3.69.